The molecule has 8 nitrogen and oxygen atoms in total. The molecule has 2 aromatic heterocycles. The highest BCUT2D eigenvalue weighted by molar-refractivity contribution is 5.96. The maximum Gasteiger partial charge on any atom is 0.312 e. The molecule has 0 spiro atoms. The van der Waals surface area contributed by atoms with Crippen LogP contribution in [0.1, 0.15) is 23.5 Å². The van der Waals surface area contributed by atoms with Gasteiger partial charge in [-0.15, -0.1) is 0 Å². The van der Waals surface area contributed by atoms with Crippen molar-refractivity contribution in [3.05, 3.63) is 70.1 Å². The van der Waals surface area contributed by atoms with Crippen LogP contribution < -0.4 is 10.2 Å². The van der Waals surface area contributed by atoms with E-state index in [2.05, 4.69) is 5.10 Å². The number of phenolic OH excluding ortho intramolecular Hbond substituents is 2. The van der Waals surface area contributed by atoms with Crippen molar-refractivity contribution in [1.82, 2.24) is 9.78 Å². The Balaban J connectivity index is 1.88. The molecule has 0 saturated carbocycles. The number of aryl methyl sites for hydroxylation is 1. The first-order valence-corrected chi connectivity index (χ1v) is 9.24. The number of rotatable bonds is 2. The number of esters is 1. The van der Waals surface area contributed by atoms with Crippen molar-refractivity contribution >= 4 is 16.9 Å². The molecule has 1 aliphatic heterocycles. The molecule has 8 heteroatoms. The molecule has 0 saturated heterocycles. The number of aromatic nitrogens is 2. The average Bonchev–Trinajstić information content (AvgIpc) is 3.17. The molecule has 2 aromatic carbocycles. The Hall–Kier alpha value is -4.07. The summed E-state index contributed by atoms with van der Waals surface area (Å²) in [7, 11) is 1.74. The van der Waals surface area contributed by atoms with Crippen LogP contribution in [0, 0.1) is 0 Å². The SMILES string of the molecule is Cn1cc([C@@H]2CC(=O)Oc3c(O)c(O)c4c(=O)cc(-c5ccccc5)oc4c32)cn1. The molecule has 0 aliphatic carbocycles. The van der Waals surface area contributed by atoms with Gasteiger partial charge < -0.3 is 19.4 Å². The Labute approximate surface area is 169 Å². The Kier molecular flexibility index (Phi) is 3.89. The molecular weight excluding hydrogens is 388 g/mol. The maximum atomic E-state index is 12.9. The third-order valence-corrected chi connectivity index (χ3v) is 5.23. The van der Waals surface area contributed by atoms with Crippen molar-refractivity contribution in [2.75, 3.05) is 0 Å². The molecule has 1 atom stereocenters. The number of carbonyl (C=O) groups excluding carboxylic acids is 1. The predicted octanol–water partition coefficient (Wildman–Crippen LogP) is 3.05. The predicted molar refractivity (Wildman–Crippen MR) is 107 cm³/mol. The third kappa shape index (κ3) is 2.65. The number of hydrogen-bond acceptors (Lipinski definition) is 7. The molecule has 0 fully saturated rings. The number of ether oxygens (including phenoxy) is 1. The monoisotopic (exact) mass is 404 g/mol. The fourth-order valence-electron chi connectivity index (χ4n) is 3.86. The van der Waals surface area contributed by atoms with Crippen molar-refractivity contribution < 1.29 is 24.2 Å². The van der Waals surface area contributed by atoms with Gasteiger partial charge in [0.05, 0.1) is 18.2 Å². The Bertz CT molecular complexity index is 1370. The number of aromatic hydroxyl groups is 2. The Morgan fingerprint density at radius 3 is 2.60 bits per heavy atom. The largest absolute Gasteiger partial charge is 0.504 e. The molecule has 3 heterocycles. The molecule has 5 rings (SSSR count). The topological polar surface area (TPSA) is 115 Å². The van der Waals surface area contributed by atoms with E-state index in [-0.39, 0.29) is 23.1 Å². The minimum Gasteiger partial charge on any atom is -0.504 e. The lowest BCUT2D eigenvalue weighted by Crippen LogP contribution is -2.22. The van der Waals surface area contributed by atoms with Crippen molar-refractivity contribution in [1.29, 1.82) is 0 Å². The lowest BCUT2D eigenvalue weighted by atomic mass is 9.86. The van der Waals surface area contributed by atoms with Gasteiger partial charge in [-0.1, -0.05) is 30.3 Å². The standard InChI is InChI=1S/C22H16N2O6/c1-24-10-12(9-23-24)13-7-16(26)30-22-17(13)21-18(19(27)20(22)28)14(25)8-15(29-21)11-5-3-2-4-6-11/h2-6,8-10,13,27-28H,7H2,1H3/t13-/m0/s1. The smallest absolute Gasteiger partial charge is 0.312 e. The van der Waals surface area contributed by atoms with E-state index in [1.807, 2.05) is 18.2 Å². The number of carbonyl (C=O) groups is 1. The van der Waals surface area contributed by atoms with E-state index in [9.17, 15) is 19.8 Å². The quantitative estimate of drug-likeness (QED) is 0.300. The molecule has 1 aliphatic rings. The third-order valence-electron chi connectivity index (χ3n) is 5.23. The molecule has 30 heavy (non-hydrogen) atoms. The zero-order valence-corrected chi connectivity index (χ0v) is 15.8. The van der Waals surface area contributed by atoms with E-state index in [0.717, 1.165) is 0 Å². The number of phenols is 2. The highest BCUT2D eigenvalue weighted by Crippen LogP contribution is 2.52. The zero-order chi connectivity index (χ0) is 21.0. The van der Waals surface area contributed by atoms with Crippen LogP contribution in [0.2, 0.25) is 0 Å². The van der Waals surface area contributed by atoms with Crippen LogP contribution in [0.5, 0.6) is 17.2 Å². The van der Waals surface area contributed by atoms with E-state index in [1.165, 1.54) is 6.07 Å². The minimum absolute atomic E-state index is 0.0305. The molecular formula is C22H16N2O6. The molecule has 0 radical (unpaired) electrons. The summed E-state index contributed by atoms with van der Waals surface area (Å²) in [6.07, 6.45) is 3.31. The van der Waals surface area contributed by atoms with Crippen molar-refractivity contribution in [2.24, 2.45) is 7.05 Å². The summed E-state index contributed by atoms with van der Waals surface area (Å²) in [5, 5.41) is 25.0. The summed E-state index contributed by atoms with van der Waals surface area (Å²) in [6, 6.07) is 10.3. The van der Waals surface area contributed by atoms with Crippen LogP contribution in [-0.2, 0) is 11.8 Å². The molecule has 2 N–H and O–H groups in total. The van der Waals surface area contributed by atoms with E-state index in [1.54, 1.807) is 36.3 Å². The van der Waals surface area contributed by atoms with Crippen molar-refractivity contribution in [3.8, 4) is 28.6 Å². The van der Waals surface area contributed by atoms with E-state index >= 15 is 0 Å². The second-order valence-electron chi connectivity index (χ2n) is 7.16. The second kappa shape index (κ2) is 6.48. The number of fused-ring (bicyclic) bond motifs is 3. The van der Waals surface area contributed by atoms with Gasteiger partial charge in [-0.2, -0.15) is 5.10 Å². The van der Waals surface area contributed by atoms with Crippen molar-refractivity contribution in [3.63, 3.8) is 0 Å². The normalized spacial score (nSPS) is 15.8. The molecule has 150 valence electrons. The molecule has 4 aromatic rings. The summed E-state index contributed by atoms with van der Waals surface area (Å²) < 4.78 is 12.9. The summed E-state index contributed by atoms with van der Waals surface area (Å²) in [5.41, 5.74) is 1.22. The zero-order valence-electron chi connectivity index (χ0n) is 15.8. The van der Waals surface area contributed by atoms with Gasteiger partial charge in [0.1, 0.15) is 16.7 Å². The van der Waals surface area contributed by atoms with Gasteiger partial charge in [0.25, 0.3) is 0 Å². The summed E-state index contributed by atoms with van der Waals surface area (Å²) in [6.45, 7) is 0. The number of benzene rings is 2. The summed E-state index contributed by atoms with van der Waals surface area (Å²) in [4.78, 5) is 25.1. The van der Waals surface area contributed by atoms with Gasteiger partial charge in [0, 0.05) is 30.8 Å². The maximum absolute atomic E-state index is 12.9. The van der Waals surface area contributed by atoms with Crippen LogP contribution >= 0.6 is 0 Å². The highest BCUT2D eigenvalue weighted by Gasteiger charge is 2.37. The van der Waals surface area contributed by atoms with E-state index in [4.69, 9.17) is 9.15 Å². The van der Waals surface area contributed by atoms with Crippen LogP contribution in [0.4, 0.5) is 0 Å². The van der Waals surface area contributed by atoms with Crippen LogP contribution in [-0.4, -0.2) is 26.0 Å². The van der Waals surface area contributed by atoms with Gasteiger partial charge in [-0.25, -0.2) is 0 Å². The fourth-order valence-corrected chi connectivity index (χ4v) is 3.86. The van der Waals surface area contributed by atoms with E-state index in [0.29, 0.717) is 22.5 Å². The first kappa shape index (κ1) is 18.0. The van der Waals surface area contributed by atoms with Crippen LogP contribution in [0.15, 0.2) is 58.0 Å². The van der Waals surface area contributed by atoms with Crippen molar-refractivity contribution in [2.45, 2.75) is 12.3 Å². The lowest BCUT2D eigenvalue weighted by molar-refractivity contribution is -0.135. The molecule has 0 bridgehead atoms. The van der Waals surface area contributed by atoms with Gasteiger partial charge in [-0.05, 0) is 5.56 Å². The molecule has 0 unspecified atom stereocenters. The van der Waals surface area contributed by atoms with Gasteiger partial charge in [0.15, 0.2) is 16.9 Å². The first-order chi connectivity index (χ1) is 14.4. The van der Waals surface area contributed by atoms with Gasteiger partial charge in [-0.3, -0.25) is 14.3 Å². The Morgan fingerprint density at radius 2 is 1.90 bits per heavy atom. The van der Waals surface area contributed by atoms with Gasteiger partial charge >= 0.3 is 5.97 Å². The van der Waals surface area contributed by atoms with Crippen LogP contribution in [0.3, 0.4) is 0 Å². The van der Waals surface area contributed by atoms with Gasteiger partial charge in [0.2, 0.25) is 5.75 Å². The number of hydrogen-bond donors (Lipinski definition) is 2. The number of nitrogens with zero attached hydrogens (tertiary/aromatic N) is 2. The highest BCUT2D eigenvalue weighted by atomic mass is 16.5. The first-order valence-electron chi connectivity index (χ1n) is 9.24. The van der Waals surface area contributed by atoms with Crippen LogP contribution in [0.25, 0.3) is 22.3 Å². The average molecular weight is 404 g/mol. The lowest BCUT2D eigenvalue weighted by Gasteiger charge is -2.25. The molecule has 0 amide bonds. The van der Waals surface area contributed by atoms with E-state index < -0.39 is 28.8 Å². The second-order valence-corrected chi connectivity index (χ2v) is 7.16. The summed E-state index contributed by atoms with van der Waals surface area (Å²) in [5.74, 6) is -2.42. The minimum atomic E-state index is -0.684. The Morgan fingerprint density at radius 1 is 1.13 bits per heavy atom. The summed E-state index contributed by atoms with van der Waals surface area (Å²) >= 11 is 0. The fraction of sp³-hybridized carbons (Fsp3) is 0.136.